The molecule has 0 aromatic rings. The highest BCUT2D eigenvalue weighted by molar-refractivity contribution is 4.90. The van der Waals surface area contributed by atoms with Crippen LogP contribution in [0, 0.1) is 16.7 Å². The van der Waals surface area contributed by atoms with Gasteiger partial charge in [-0.3, -0.25) is 0 Å². The third kappa shape index (κ3) is 3.03. The average molecular weight is 239 g/mol. The average Bonchev–Trinajstić information content (AvgIpc) is 2.76. The molecule has 100 valence electrons. The van der Waals surface area contributed by atoms with E-state index >= 15 is 0 Å². The first-order valence-electron chi connectivity index (χ1n) is 7.40. The quantitative estimate of drug-likeness (QED) is 0.747. The van der Waals surface area contributed by atoms with Crippen LogP contribution < -0.4 is 5.32 Å². The summed E-state index contributed by atoms with van der Waals surface area (Å²) in [5.74, 6) is 0.904. The summed E-state index contributed by atoms with van der Waals surface area (Å²) in [6.45, 7) is 7.30. The molecule has 17 heavy (non-hydrogen) atoms. The van der Waals surface area contributed by atoms with Gasteiger partial charge in [0.1, 0.15) is 0 Å². The maximum Gasteiger partial charge on any atom is 0.0499 e. The number of aliphatic hydroxyl groups excluding tert-OH is 1. The second kappa shape index (κ2) is 5.27. The Balaban J connectivity index is 1.73. The van der Waals surface area contributed by atoms with E-state index in [1.165, 1.54) is 44.9 Å². The van der Waals surface area contributed by atoms with Gasteiger partial charge in [-0.2, -0.15) is 0 Å². The highest BCUT2D eigenvalue weighted by Crippen LogP contribution is 2.41. The van der Waals surface area contributed by atoms with E-state index in [0.29, 0.717) is 12.0 Å². The van der Waals surface area contributed by atoms with Gasteiger partial charge >= 0.3 is 0 Å². The van der Waals surface area contributed by atoms with Crippen molar-refractivity contribution in [2.45, 2.75) is 58.8 Å². The van der Waals surface area contributed by atoms with Crippen LogP contribution >= 0.6 is 0 Å². The second-order valence-electron chi connectivity index (χ2n) is 7.09. The first-order chi connectivity index (χ1) is 8.08. The van der Waals surface area contributed by atoms with Crippen LogP contribution in [0.2, 0.25) is 0 Å². The molecular formula is C15H29NO. The van der Waals surface area contributed by atoms with Crippen molar-refractivity contribution in [1.29, 1.82) is 0 Å². The maximum absolute atomic E-state index is 9.44. The third-order valence-corrected chi connectivity index (χ3v) is 5.29. The fraction of sp³-hybridized carbons (Fsp3) is 1.00. The van der Waals surface area contributed by atoms with Crippen molar-refractivity contribution in [3.63, 3.8) is 0 Å². The number of nitrogens with one attached hydrogen (secondary N) is 1. The topological polar surface area (TPSA) is 32.3 Å². The van der Waals surface area contributed by atoms with Gasteiger partial charge in [-0.1, -0.05) is 33.1 Å². The summed E-state index contributed by atoms with van der Waals surface area (Å²) in [7, 11) is 0. The first-order valence-corrected chi connectivity index (χ1v) is 7.40. The number of hydrogen-bond donors (Lipinski definition) is 2. The molecule has 0 atom stereocenters. The molecule has 0 aliphatic heterocycles. The second-order valence-corrected chi connectivity index (χ2v) is 7.09. The van der Waals surface area contributed by atoms with E-state index in [2.05, 4.69) is 19.2 Å². The normalized spacial score (nSPS) is 24.9. The van der Waals surface area contributed by atoms with E-state index in [1.807, 2.05) is 0 Å². The highest BCUT2D eigenvalue weighted by atomic mass is 16.3. The van der Waals surface area contributed by atoms with Gasteiger partial charge in [0.15, 0.2) is 0 Å². The molecule has 0 heterocycles. The van der Waals surface area contributed by atoms with E-state index in [-0.39, 0.29) is 5.41 Å². The summed E-state index contributed by atoms with van der Waals surface area (Å²) >= 11 is 0. The predicted molar refractivity (Wildman–Crippen MR) is 72.0 cm³/mol. The van der Waals surface area contributed by atoms with E-state index in [0.717, 1.165) is 19.0 Å². The van der Waals surface area contributed by atoms with Crippen LogP contribution in [0.1, 0.15) is 58.8 Å². The maximum atomic E-state index is 9.44. The summed E-state index contributed by atoms with van der Waals surface area (Å²) in [5, 5.41) is 13.1. The Hall–Kier alpha value is -0.0800. The molecule has 0 aromatic carbocycles. The van der Waals surface area contributed by atoms with Crippen LogP contribution in [0.25, 0.3) is 0 Å². The SMILES string of the molecule is CC(C)(CNCC1(CO)CCC1)C1CCCC1. The minimum atomic E-state index is 0.228. The molecule has 0 saturated heterocycles. The lowest BCUT2D eigenvalue weighted by atomic mass is 9.69. The van der Waals surface area contributed by atoms with Gasteiger partial charge in [-0.15, -0.1) is 0 Å². The minimum Gasteiger partial charge on any atom is -0.396 e. The van der Waals surface area contributed by atoms with E-state index in [4.69, 9.17) is 0 Å². The number of rotatable bonds is 6. The molecule has 2 nitrogen and oxygen atoms in total. The van der Waals surface area contributed by atoms with Gasteiger partial charge in [0.05, 0.1) is 0 Å². The van der Waals surface area contributed by atoms with Crippen molar-refractivity contribution in [1.82, 2.24) is 5.32 Å². The zero-order valence-corrected chi connectivity index (χ0v) is 11.6. The molecule has 0 aromatic heterocycles. The lowest BCUT2D eigenvalue weighted by molar-refractivity contribution is 0.0406. The van der Waals surface area contributed by atoms with E-state index < -0.39 is 0 Å². The lowest BCUT2D eigenvalue weighted by Gasteiger charge is -2.42. The molecule has 2 heteroatoms. The Kier molecular flexibility index (Phi) is 4.14. The van der Waals surface area contributed by atoms with Gasteiger partial charge in [-0.25, -0.2) is 0 Å². The van der Waals surface area contributed by atoms with Gasteiger partial charge < -0.3 is 10.4 Å². The summed E-state index contributed by atoms with van der Waals surface area (Å²) in [4.78, 5) is 0. The van der Waals surface area contributed by atoms with Crippen molar-refractivity contribution >= 4 is 0 Å². The van der Waals surface area contributed by atoms with E-state index in [1.54, 1.807) is 0 Å². The van der Waals surface area contributed by atoms with Gasteiger partial charge in [0.2, 0.25) is 0 Å². The summed E-state index contributed by atoms with van der Waals surface area (Å²) in [6, 6.07) is 0. The molecule has 2 N–H and O–H groups in total. The van der Waals surface area contributed by atoms with Crippen LogP contribution in [0.15, 0.2) is 0 Å². The standard InChI is InChI=1S/C15H29NO/c1-14(2,13-6-3-4-7-13)10-16-11-15(12-17)8-5-9-15/h13,16-17H,3-12H2,1-2H3. The fourth-order valence-corrected chi connectivity index (χ4v) is 3.57. The van der Waals surface area contributed by atoms with Crippen molar-refractivity contribution < 1.29 is 5.11 Å². The van der Waals surface area contributed by atoms with Crippen molar-refractivity contribution in [3.8, 4) is 0 Å². The van der Waals surface area contributed by atoms with Crippen molar-refractivity contribution in [3.05, 3.63) is 0 Å². The van der Waals surface area contributed by atoms with Crippen LogP contribution in [-0.2, 0) is 0 Å². The third-order valence-electron chi connectivity index (χ3n) is 5.29. The molecule has 2 fully saturated rings. The highest BCUT2D eigenvalue weighted by Gasteiger charge is 2.37. The molecule has 0 bridgehead atoms. The lowest BCUT2D eigenvalue weighted by Crippen LogP contribution is -2.46. The van der Waals surface area contributed by atoms with Crippen LogP contribution in [-0.4, -0.2) is 24.8 Å². The largest absolute Gasteiger partial charge is 0.396 e. The molecule has 2 aliphatic rings. The Morgan fingerprint density at radius 3 is 2.29 bits per heavy atom. The molecule has 2 aliphatic carbocycles. The van der Waals surface area contributed by atoms with Gasteiger partial charge in [-0.05, 0) is 37.0 Å². The first kappa shape index (κ1) is 13.4. The zero-order chi connectivity index (χ0) is 12.4. The number of hydrogen-bond acceptors (Lipinski definition) is 2. The minimum absolute atomic E-state index is 0.228. The Labute approximate surface area is 106 Å². The van der Waals surface area contributed by atoms with Crippen LogP contribution in [0.5, 0.6) is 0 Å². The molecule has 0 unspecified atom stereocenters. The molecule has 0 amide bonds. The van der Waals surface area contributed by atoms with Crippen molar-refractivity contribution in [2.24, 2.45) is 16.7 Å². The predicted octanol–water partition coefficient (Wildman–Crippen LogP) is 2.96. The zero-order valence-electron chi connectivity index (χ0n) is 11.6. The Morgan fingerprint density at radius 2 is 1.82 bits per heavy atom. The molecule has 2 saturated carbocycles. The molecule has 0 radical (unpaired) electrons. The number of aliphatic hydroxyl groups is 1. The monoisotopic (exact) mass is 239 g/mol. The fourth-order valence-electron chi connectivity index (χ4n) is 3.57. The summed E-state index contributed by atoms with van der Waals surface area (Å²) < 4.78 is 0. The van der Waals surface area contributed by atoms with Crippen molar-refractivity contribution in [2.75, 3.05) is 19.7 Å². The Bertz CT molecular complexity index is 234. The van der Waals surface area contributed by atoms with Gasteiger partial charge in [0.25, 0.3) is 0 Å². The molecular weight excluding hydrogens is 210 g/mol. The smallest absolute Gasteiger partial charge is 0.0499 e. The summed E-state index contributed by atoms with van der Waals surface area (Å²) in [6.07, 6.45) is 9.40. The van der Waals surface area contributed by atoms with Gasteiger partial charge in [0, 0.05) is 25.1 Å². The molecule has 2 rings (SSSR count). The van der Waals surface area contributed by atoms with Crippen LogP contribution in [0.4, 0.5) is 0 Å². The summed E-state index contributed by atoms with van der Waals surface area (Å²) in [5.41, 5.74) is 0.655. The molecule has 0 spiro atoms. The Morgan fingerprint density at radius 1 is 1.18 bits per heavy atom. The van der Waals surface area contributed by atoms with Crippen LogP contribution in [0.3, 0.4) is 0 Å². The van der Waals surface area contributed by atoms with E-state index in [9.17, 15) is 5.11 Å².